The fraction of sp³-hybridized carbons (Fsp3) is 0.429. The number of hydrogen-bond acceptors (Lipinski definition) is 7. The number of thiazole rings is 1. The second kappa shape index (κ2) is 8.43. The number of rotatable bonds is 5. The van der Waals surface area contributed by atoms with Crippen molar-refractivity contribution >= 4 is 23.2 Å². The molecular formula is C21H24N4O4S. The van der Waals surface area contributed by atoms with E-state index in [2.05, 4.69) is 10.1 Å². The van der Waals surface area contributed by atoms with E-state index in [4.69, 9.17) is 8.94 Å². The molecule has 1 saturated heterocycles. The summed E-state index contributed by atoms with van der Waals surface area (Å²) in [5.74, 6) is 2.30. The molecule has 3 aromatic rings. The van der Waals surface area contributed by atoms with Gasteiger partial charge in [-0.25, -0.2) is 4.98 Å². The van der Waals surface area contributed by atoms with Crippen LogP contribution in [-0.2, 0) is 22.4 Å². The van der Waals surface area contributed by atoms with E-state index in [1.165, 1.54) is 11.3 Å². The Kier molecular flexibility index (Phi) is 5.72. The molecule has 1 fully saturated rings. The van der Waals surface area contributed by atoms with Crippen LogP contribution in [0.3, 0.4) is 0 Å². The van der Waals surface area contributed by atoms with Crippen LogP contribution >= 0.6 is 11.3 Å². The fourth-order valence-corrected chi connectivity index (χ4v) is 4.32. The molecule has 8 nitrogen and oxygen atoms in total. The highest BCUT2D eigenvalue weighted by Gasteiger charge is 2.26. The van der Waals surface area contributed by atoms with Crippen molar-refractivity contribution in [1.29, 1.82) is 0 Å². The quantitative estimate of drug-likeness (QED) is 0.620. The fourth-order valence-electron chi connectivity index (χ4n) is 3.54. The third-order valence-electron chi connectivity index (χ3n) is 5.33. The average Bonchev–Trinajstić information content (AvgIpc) is 3.45. The number of amides is 2. The van der Waals surface area contributed by atoms with Gasteiger partial charge < -0.3 is 18.7 Å². The Hall–Kier alpha value is -2.94. The topological polar surface area (TPSA) is 92.7 Å². The lowest BCUT2D eigenvalue weighted by molar-refractivity contribution is -0.138. The van der Waals surface area contributed by atoms with Crippen molar-refractivity contribution in [3.05, 3.63) is 46.0 Å². The van der Waals surface area contributed by atoms with E-state index in [0.29, 0.717) is 31.9 Å². The maximum Gasteiger partial charge on any atom is 0.228 e. The summed E-state index contributed by atoms with van der Waals surface area (Å²) in [5, 5.41) is 6.58. The molecule has 1 aliphatic heterocycles. The zero-order valence-electron chi connectivity index (χ0n) is 17.3. The van der Waals surface area contributed by atoms with Crippen molar-refractivity contribution in [3.8, 4) is 10.8 Å². The molecule has 0 saturated carbocycles. The van der Waals surface area contributed by atoms with Gasteiger partial charge >= 0.3 is 0 Å². The molecule has 0 aliphatic carbocycles. The second-order valence-electron chi connectivity index (χ2n) is 7.47. The predicted octanol–water partition coefficient (Wildman–Crippen LogP) is 2.77. The molecule has 3 aromatic heterocycles. The van der Waals surface area contributed by atoms with E-state index < -0.39 is 0 Å². The van der Waals surface area contributed by atoms with Crippen molar-refractivity contribution < 1.29 is 18.5 Å². The normalized spacial score (nSPS) is 14.4. The minimum absolute atomic E-state index is 0.0281. The molecule has 0 unspecified atom stereocenters. The molecule has 30 heavy (non-hydrogen) atoms. The maximum atomic E-state index is 12.7. The van der Waals surface area contributed by atoms with Gasteiger partial charge in [-0.2, -0.15) is 0 Å². The molecule has 158 valence electrons. The summed E-state index contributed by atoms with van der Waals surface area (Å²) >= 11 is 1.47. The van der Waals surface area contributed by atoms with Crippen LogP contribution in [0.25, 0.3) is 10.8 Å². The van der Waals surface area contributed by atoms with E-state index in [9.17, 15) is 9.59 Å². The molecule has 4 heterocycles. The number of aromatic nitrogens is 2. The van der Waals surface area contributed by atoms with Gasteiger partial charge in [0, 0.05) is 37.1 Å². The number of furan rings is 1. The summed E-state index contributed by atoms with van der Waals surface area (Å²) in [4.78, 5) is 33.4. The van der Waals surface area contributed by atoms with E-state index in [0.717, 1.165) is 33.5 Å². The Morgan fingerprint density at radius 3 is 2.27 bits per heavy atom. The number of piperazine rings is 1. The molecular weight excluding hydrogens is 404 g/mol. The highest BCUT2D eigenvalue weighted by molar-refractivity contribution is 7.13. The lowest BCUT2D eigenvalue weighted by Gasteiger charge is -2.34. The lowest BCUT2D eigenvalue weighted by atomic mass is 10.1. The first-order valence-corrected chi connectivity index (χ1v) is 10.8. The first-order chi connectivity index (χ1) is 14.4. The van der Waals surface area contributed by atoms with Gasteiger partial charge in [0.1, 0.15) is 11.5 Å². The molecule has 0 bridgehead atoms. The summed E-state index contributed by atoms with van der Waals surface area (Å²) in [6.45, 7) is 7.66. The zero-order valence-corrected chi connectivity index (χ0v) is 18.1. The molecule has 1 aliphatic rings. The summed E-state index contributed by atoms with van der Waals surface area (Å²) in [6.07, 6.45) is 0.534. The van der Waals surface area contributed by atoms with Crippen molar-refractivity contribution in [3.63, 3.8) is 0 Å². The Labute approximate surface area is 178 Å². The monoisotopic (exact) mass is 428 g/mol. The minimum atomic E-state index is 0.0281. The van der Waals surface area contributed by atoms with Crippen LogP contribution in [0.2, 0.25) is 0 Å². The standard InChI is InChI=1S/C21H24N4O4S/c1-13-4-5-18(28-13)21-22-16(12-30-21)10-19(26)24-6-8-25(9-7-24)20(27)11-17-14(2)23-29-15(17)3/h4-5,12H,6-11H2,1-3H3. The first kappa shape index (κ1) is 20.3. The van der Waals surface area contributed by atoms with E-state index in [-0.39, 0.29) is 24.7 Å². The summed E-state index contributed by atoms with van der Waals surface area (Å²) in [7, 11) is 0. The number of nitrogens with zero attached hydrogens (tertiary/aromatic N) is 4. The Bertz CT molecular complexity index is 1040. The molecule has 0 spiro atoms. The zero-order chi connectivity index (χ0) is 21.3. The highest BCUT2D eigenvalue weighted by Crippen LogP contribution is 2.26. The van der Waals surface area contributed by atoms with Crippen LogP contribution in [0.15, 0.2) is 26.5 Å². The Morgan fingerprint density at radius 1 is 1.03 bits per heavy atom. The summed E-state index contributed by atoms with van der Waals surface area (Å²) in [5.41, 5.74) is 2.34. The smallest absolute Gasteiger partial charge is 0.228 e. The van der Waals surface area contributed by atoms with Gasteiger partial charge in [0.15, 0.2) is 10.8 Å². The van der Waals surface area contributed by atoms with Crippen LogP contribution in [0.4, 0.5) is 0 Å². The summed E-state index contributed by atoms with van der Waals surface area (Å²) < 4.78 is 10.7. The SMILES string of the molecule is Cc1ccc(-c2nc(CC(=O)N3CCN(C(=O)Cc4c(C)noc4C)CC3)cs2)o1. The average molecular weight is 429 g/mol. The van der Waals surface area contributed by atoms with E-state index in [1.54, 1.807) is 9.80 Å². The molecule has 0 radical (unpaired) electrons. The highest BCUT2D eigenvalue weighted by atomic mass is 32.1. The van der Waals surface area contributed by atoms with Crippen LogP contribution in [-0.4, -0.2) is 57.9 Å². The Balaban J connectivity index is 1.29. The van der Waals surface area contributed by atoms with Crippen molar-refractivity contribution in [1.82, 2.24) is 19.9 Å². The van der Waals surface area contributed by atoms with Crippen molar-refractivity contribution in [2.45, 2.75) is 33.6 Å². The molecule has 0 N–H and O–H groups in total. The number of carbonyl (C=O) groups excluding carboxylic acids is 2. The van der Waals surface area contributed by atoms with E-state index >= 15 is 0 Å². The van der Waals surface area contributed by atoms with Gasteiger partial charge in [0.25, 0.3) is 0 Å². The molecule has 9 heteroatoms. The minimum Gasteiger partial charge on any atom is -0.459 e. The van der Waals surface area contributed by atoms with Crippen molar-refractivity contribution in [2.75, 3.05) is 26.2 Å². The lowest BCUT2D eigenvalue weighted by Crippen LogP contribution is -2.51. The van der Waals surface area contributed by atoms with Gasteiger partial charge in [-0.1, -0.05) is 5.16 Å². The van der Waals surface area contributed by atoms with Crippen LogP contribution in [0, 0.1) is 20.8 Å². The van der Waals surface area contributed by atoms with Crippen LogP contribution < -0.4 is 0 Å². The number of hydrogen-bond donors (Lipinski definition) is 0. The van der Waals surface area contributed by atoms with Gasteiger partial charge in [-0.05, 0) is 32.9 Å². The molecule has 0 aromatic carbocycles. The molecule has 0 atom stereocenters. The number of carbonyl (C=O) groups is 2. The van der Waals surface area contributed by atoms with Crippen molar-refractivity contribution in [2.24, 2.45) is 0 Å². The van der Waals surface area contributed by atoms with Gasteiger partial charge in [-0.15, -0.1) is 11.3 Å². The Morgan fingerprint density at radius 2 is 1.70 bits per heavy atom. The molecule has 2 amide bonds. The third-order valence-corrected chi connectivity index (χ3v) is 6.24. The maximum absolute atomic E-state index is 12.7. The second-order valence-corrected chi connectivity index (χ2v) is 8.33. The molecule has 4 rings (SSSR count). The largest absolute Gasteiger partial charge is 0.459 e. The van der Waals surface area contributed by atoms with E-state index in [1.807, 2.05) is 38.3 Å². The predicted molar refractivity (Wildman–Crippen MR) is 111 cm³/mol. The van der Waals surface area contributed by atoms with Gasteiger partial charge in [0.2, 0.25) is 11.8 Å². The first-order valence-electron chi connectivity index (χ1n) is 9.89. The third kappa shape index (κ3) is 4.30. The summed E-state index contributed by atoms with van der Waals surface area (Å²) in [6, 6.07) is 3.78. The van der Waals surface area contributed by atoms with Gasteiger partial charge in [0.05, 0.1) is 24.2 Å². The van der Waals surface area contributed by atoms with Gasteiger partial charge in [-0.3, -0.25) is 9.59 Å². The van der Waals surface area contributed by atoms with Crippen LogP contribution in [0.5, 0.6) is 0 Å². The van der Waals surface area contributed by atoms with Crippen LogP contribution in [0.1, 0.15) is 28.5 Å². The number of aryl methyl sites for hydroxylation is 3.